The van der Waals surface area contributed by atoms with Crippen LogP contribution in [0, 0.1) is 22.6 Å². The molecule has 1 saturated heterocycles. The summed E-state index contributed by atoms with van der Waals surface area (Å²) in [6.45, 7) is 2.27. The Bertz CT molecular complexity index is 1370. The zero-order chi connectivity index (χ0) is 26.1. The number of halogens is 2. The number of fused-ring (bicyclic) bond motifs is 1. The number of aromatic nitrogens is 2. The molecule has 5 rings (SSSR count). The number of pyridine rings is 1. The quantitative estimate of drug-likeness (QED) is 0.266. The molecule has 0 spiro atoms. The lowest BCUT2D eigenvalue weighted by Gasteiger charge is -2.33. The van der Waals surface area contributed by atoms with Crippen molar-refractivity contribution in [3.05, 3.63) is 62.9 Å². The molecule has 1 saturated carbocycles. The van der Waals surface area contributed by atoms with Crippen LogP contribution >= 0.6 is 11.6 Å². The molecular formula is C28H34ClFN6O. The van der Waals surface area contributed by atoms with Gasteiger partial charge in [0.2, 0.25) is 0 Å². The molecule has 37 heavy (non-hydrogen) atoms. The van der Waals surface area contributed by atoms with Gasteiger partial charge in [-0.05, 0) is 62.4 Å². The largest absolute Gasteiger partial charge is 0.350 e. The molecule has 196 valence electrons. The summed E-state index contributed by atoms with van der Waals surface area (Å²) in [5.41, 5.74) is 1.75. The zero-order valence-electron chi connectivity index (χ0n) is 21.2. The summed E-state index contributed by atoms with van der Waals surface area (Å²) < 4.78 is 16.8. The molecule has 0 amide bonds. The summed E-state index contributed by atoms with van der Waals surface area (Å²) in [7, 11) is 1.73. The van der Waals surface area contributed by atoms with E-state index >= 15 is 4.39 Å². The van der Waals surface area contributed by atoms with Gasteiger partial charge in [0, 0.05) is 31.4 Å². The highest BCUT2D eigenvalue weighted by Gasteiger charge is 2.30. The number of H-pyrrole nitrogens is 1. The summed E-state index contributed by atoms with van der Waals surface area (Å²) in [4.78, 5) is 20.3. The molecule has 9 heteroatoms. The summed E-state index contributed by atoms with van der Waals surface area (Å²) in [5.74, 6) is 0.0346. The molecule has 3 aromatic rings. The van der Waals surface area contributed by atoms with Crippen molar-refractivity contribution in [1.29, 1.82) is 10.8 Å². The number of hydrogen-bond acceptors (Lipinski definition) is 4. The van der Waals surface area contributed by atoms with E-state index in [2.05, 4.69) is 9.88 Å². The van der Waals surface area contributed by atoms with Crippen LogP contribution in [0.4, 0.5) is 4.39 Å². The van der Waals surface area contributed by atoms with Crippen molar-refractivity contribution in [2.75, 3.05) is 20.1 Å². The number of benzene rings is 1. The molecule has 2 fully saturated rings. The number of nitrogens with zero attached hydrogens (tertiary/aromatic N) is 3. The average Bonchev–Trinajstić information content (AvgIpc) is 3.55. The van der Waals surface area contributed by atoms with Crippen molar-refractivity contribution in [1.82, 2.24) is 19.4 Å². The van der Waals surface area contributed by atoms with E-state index in [4.69, 9.17) is 22.4 Å². The van der Waals surface area contributed by atoms with Gasteiger partial charge in [-0.25, -0.2) is 4.39 Å². The molecule has 0 bridgehead atoms. The minimum absolute atomic E-state index is 0.141. The molecule has 1 aromatic carbocycles. The number of likely N-dealkylation sites (N-methyl/N-ethyl adjacent to an activating group) is 1. The number of rotatable bonds is 7. The smallest absolute Gasteiger partial charge is 0.279 e. The molecule has 1 unspecified atom stereocenters. The van der Waals surface area contributed by atoms with Crippen LogP contribution in [-0.2, 0) is 6.54 Å². The van der Waals surface area contributed by atoms with Crippen molar-refractivity contribution in [2.24, 2.45) is 5.92 Å². The summed E-state index contributed by atoms with van der Waals surface area (Å²) in [5, 5.41) is 16.8. The summed E-state index contributed by atoms with van der Waals surface area (Å²) in [6, 6.07) is 7.64. The van der Waals surface area contributed by atoms with E-state index in [0.717, 1.165) is 57.2 Å². The third-order valence-corrected chi connectivity index (χ3v) is 8.29. The van der Waals surface area contributed by atoms with E-state index < -0.39 is 5.82 Å². The van der Waals surface area contributed by atoms with Gasteiger partial charge in [-0.2, -0.15) is 0 Å². The normalized spacial score (nSPS) is 17.8. The highest BCUT2D eigenvalue weighted by Crippen LogP contribution is 2.38. The van der Waals surface area contributed by atoms with Crippen molar-refractivity contribution in [3.8, 4) is 5.69 Å². The van der Waals surface area contributed by atoms with Crippen molar-refractivity contribution in [2.45, 2.75) is 57.4 Å². The Hall–Kier alpha value is -2.97. The first-order valence-electron chi connectivity index (χ1n) is 13.1. The minimum Gasteiger partial charge on any atom is -0.350 e. The second kappa shape index (κ2) is 10.8. The average molecular weight is 525 g/mol. The Morgan fingerprint density at radius 3 is 2.68 bits per heavy atom. The molecule has 2 aromatic heterocycles. The highest BCUT2D eigenvalue weighted by atomic mass is 35.5. The lowest BCUT2D eigenvalue weighted by molar-refractivity contribution is 0.322. The maximum Gasteiger partial charge on any atom is 0.279 e. The number of aromatic amines is 1. The molecule has 3 heterocycles. The van der Waals surface area contributed by atoms with Crippen molar-refractivity contribution >= 4 is 34.7 Å². The molecule has 1 aliphatic carbocycles. The number of nitrogens with one attached hydrogen (secondary N) is 3. The lowest BCUT2D eigenvalue weighted by atomic mass is 9.76. The van der Waals surface area contributed by atoms with Crippen LogP contribution in [0.3, 0.4) is 0 Å². The van der Waals surface area contributed by atoms with E-state index in [1.54, 1.807) is 11.9 Å². The van der Waals surface area contributed by atoms with E-state index in [1.165, 1.54) is 23.5 Å². The second-order valence-corrected chi connectivity index (χ2v) is 10.8. The van der Waals surface area contributed by atoms with Crippen molar-refractivity contribution < 1.29 is 4.39 Å². The lowest BCUT2D eigenvalue weighted by Crippen LogP contribution is -2.34. The van der Waals surface area contributed by atoms with Gasteiger partial charge < -0.3 is 9.88 Å². The topological polar surface area (TPSA) is 92.0 Å². The number of likely N-dealkylation sites (tertiary alicyclic amines) is 1. The molecule has 3 N–H and O–H groups in total. The van der Waals surface area contributed by atoms with E-state index in [1.807, 2.05) is 24.3 Å². The van der Waals surface area contributed by atoms with E-state index in [9.17, 15) is 4.79 Å². The van der Waals surface area contributed by atoms with Gasteiger partial charge in [-0.3, -0.25) is 25.1 Å². The first kappa shape index (κ1) is 25.7. The van der Waals surface area contributed by atoms with Crippen LogP contribution in [0.5, 0.6) is 0 Å². The second-order valence-electron chi connectivity index (χ2n) is 10.4. The van der Waals surface area contributed by atoms with Crippen LogP contribution in [0.1, 0.15) is 62.1 Å². The fourth-order valence-electron chi connectivity index (χ4n) is 6.01. The first-order valence-corrected chi connectivity index (χ1v) is 13.5. The van der Waals surface area contributed by atoms with Gasteiger partial charge in [0.05, 0.1) is 22.4 Å². The van der Waals surface area contributed by atoms with Gasteiger partial charge in [-0.1, -0.05) is 43.0 Å². The summed E-state index contributed by atoms with van der Waals surface area (Å²) >= 11 is 6.56. The number of hydrogen-bond donors (Lipinski definition) is 3. The monoisotopic (exact) mass is 524 g/mol. The fourth-order valence-corrected chi connectivity index (χ4v) is 6.29. The third-order valence-electron chi connectivity index (χ3n) is 8.00. The van der Waals surface area contributed by atoms with Gasteiger partial charge in [0.1, 0.15) is 11.4 Å². The van der Waals surface area contributed by atoms with E-state index in [-0.39, 0.29) is 27.4 Å². The number of amidine groups is 1. The minimum atomic E-state index is -0.453. The molecule has 1 aliphatic heterocycles. The highest BCUT2D eigenvalue weighted by molar-refractivity contribution is 6.35. The third kappa shape index (κ3) is 4.97. The first-order chi connectivity index (χ1) is 17.9. The van der Waals surface area contributed by atoms with Crippen LogP contribution in [0.2, 0.25) is 5.02 Å². The molecular weight excluding hydrogens is 491 g/mol. The van der Waals surface area contributed by atoms with Crippen LogP contribution in [0.25, 0.3) is 16.6 Å². The van der Waals surface area contributed by atoms with Crippen LogP contribution < -0.4 is 5.56 Å². The standard InChI is InChI=1S/C28H34ClFN6O/c1-34(17-31)27(32)23(18-8-3-2-4-9-18)19-10-7-11-20(14-19)36-15-21(29)24-25(30)22(33-26(24)28(36)37)16-35-12-5-6-13-35/h7,10-11,14-15,17-18,23,31-33H,2-6,8-9,12-13,16H2,1H3. The predicted octanol–water partition coefficient (Wildman–Crippen LogP) is 5.89. The van der Waals surface area contributed by atoms with E-state index in [0.29, 0.717) is 29.7 Å². The van der Waals surface area contributed by atoms with Crippen LogP contribution in [-0.4, -0.2) is 51.7 Å². The van der Waals surface area contributed by atoms with Crippen molar-refractivity contribution in [3.63, 3.8) is 0 Å². The fraction of sp³-hybridized carbons (Fsp3) is 0.464. The molecule has 0 radical (unpaired) electrons. The Morgan fingerprint density at radius 1 is 1.24 bits per heavy atom. The van der Waals surface area contributed by atoms with Gasteiger partial charge in [-0.15, -0.1) is 0 Å². The van der Waals surface area contributed by atoms with Crippen LogP contribution in [0.15, 0.2) is 35.3 Å². The van der Waals surface area contributed by atoms with Gasteiger partial charge in [0.15, 0.2) is 5.82 Å². The molecule has 2 aliphatic rings. The Morgan fingerprint density at radius 2 is 1.97 bits per heavy atom. The summed E-state index contributed by atoms with van der Waals surface area (Å²) in [6.07, 6.45) is 10.4. The predicted molar refractivity (Wildman–Crippen MR) is 147 cm³/mol. The van der Waals surface area contributed by atoms with Gasteiger partial charge in [0.25, 0.3) is 5.56 Å². The Balaban J connectivity index is 1.56. The van der Waals surface area contributed by atoms with Gasteiger partial charge >= 0.3 is 0 Å². The molecule has 1 atom stereocenters. The molecule has 7 nitrogen and oxygen atoms in total. The maximum atomic E-state index is 15.3. The Kier molecular flexibility index (Phi) is 7.49. The maximum absolute atomic E-state index is 15.3. The zero-order valence-corrected chi connectivity index (χ0v) is 22.0. The Labute approximate surface area is 221 Å². The SMILES string of the molecule is CN(C=N)C(=N)C(c1cccc(-n2cc(Cl)c3c(F)c(CN4CCCC4)[nH]c3c2=O)c1)C1CCCCC1.